The Morgan fingerprint density at radius 2 is 1.87 bits per heavy atom. The van der Waals surface area contributed by atoms with Gasteiger partial charge in [-0.2, -0.15) is 0 Å². The Hall–Kier alpha value is -2.04. The lowest BCUT2D eigenvalue weighted by Crippen LogP contribution is -2.25. The van der Waals surface area contributed by atoms with Crippen molar-refractivity contribution in [2.45, 2.75) is 12.8 Å². The van der Waals surface area contributed by atoms with Crippen LogP contribution in [0.3, 0.4) is 0 Å². The molecule has 2 rings (SSSR count). The number of hydrogen-bond donors (Lipinski definition) is 2. The van der Waals surface area contributed by atoms with E-state index in [-0.39, 0.29) is 16.5 Å². The number of primary amides is 1. The first-order valence-corrected chi connectivity index (χ1v) is 7.85. The summed E-state index contributed by atoms with van der Waals surface area (Å²) >= 11 is 11.8. The van der Waals surface area contributed by atoms with Crippen molar-refractivity contribution in [3.8, 4) is 0 Å². The highest BCUT2D eigenvalue weighted by molar-refractivity contribution is 6.34. The topological polar surface area (TPSA) is 72.2 Å². The van der Waals surface area contributed by atoms with Crippen molar-refractivity contribution in [2.24, 2.45) is 5.73 Å². The lowest BCUT2D eigenvalue weighted by atomic mass is 10.1. The van der Waals surface area contributed by atoms with Crippen molar-refractivity contribution >= 4 is 35.0 Å². The van der Waals surface area contributed by atoms with E-state index in [4.69, 9.17) is 28.9 Å². The molecule has 6 heteroatoms. The molecule has 0 aliphatic carbocycles. The Bertz CT molecular complexity index is 732. The zero-order chi connectivity index (χ0) is 16.8. The van der Waals surface area contributed by atoms with Gasteiger partial charge in [0.25, 0.3) is 5.91 Å². The summed E-state index contributed by atoms with van der Waals surface area (Å²) in [5, 5.41) is 3.73. The number of halogens is 2. The number of amides is 2. The zero-order valence-corrected chi connectivity index (χ0v) is 13.8. The van der Waals surface area contributed by atoms with Gasteiger partial charge >= 0.3 is 0 Å². The maximum Gasteiger partial charge on any atom is 0.251 e. The van der Waals surface area contributed by atoms with Crippen LogP contribution in [0.1, 0.15) is 32.7 Å². The SMILES string of the molecule is NC(=O)c1cc(C(=O)NCCCc2cccc(Cl)c2)ccc1Cl. The van der Waals surface area contributed by atoms with Gasteiger partial charge in [0, 0.05) is 17.1 Å². The molecular weight excluding hydrogens is 335 g/mol. The van der Waals surface area contributed by atoms with Gasteiger partial charge < -0.3 is 11.1 Å². The van der Waals surface area contributed by atoms with E-state index >= 15 is 0 Å². The average molecular weight is 351 g/mol. The zero-order valence-electron chi connectivity index (χ0n) is 12.3. The average Bonchev–Trinajstić information content (AvgIpc) is 2.51. The summed E-state index contributed by atoms with van der Waals surface area (Å²) in [6.07, 6.45) is 1.59. The maximum absolute atomic E-state index is 12.1. The van der Waals surface area contributed by atoms with E-state index in [1.165, 1.54) is 12.1 Å². The van der Waals surface area contributed by atoms with Crippen LogP contribution in [0.15, 0.2) is 42.5 Å². The minimum absolute atomic E-state index is 0.137. The lowest BCUT2D eigenvalue weighted by molar-refractivity contribution is 0.0953. The summed E-state index contributed by atoms with van der Waals surface area (Å²) in [6.45, 7) is 0.514. The van der Waals surface area contributed by atoms with E-state index in [1.54, 1.807) is 6.07 Å². The number of carbonyl (C=O) groups is 2. The molecule has 3 N–H and O–H groups in total. The van der Waals surface area contributed by atoms with Crippen molar-refractivity contribution in [3.05, 3.63) is 69.2 Å². The Balaban J connectivity index is 1.88. The first kappa shape index (κ1) is 17.3. The Morgan fingerprint density at radius 3 is 2.57 bits per heavy atom. The van der Waals surface area contributed by atoms with Gasteiger partial charge in [0.15, 0.2) is 0 Å². The highest BCUT2D eigenvalue weighted by atomic mass is 35.5. The lowest BCUT2D eigenvalue weighted by Gasteiger charge is -2.07. The second-order valence-corrected chi connectivity index (χ2v) is 5.89. The summed E-state index contributed by atoms with van der Waals surface area (Å²) in [7, 11) is 0. The number of carbonyl (C=O) groups excluding carboxylic acids is 2. The molecule has 0 aliphatic rings. The molecule has 0 aliphatic heterocycles. The molecule has 0 saturated carbocycles. The van der Waals surface area contributed by atoms with Crippen LogP contribution in [0.4, 0.5) is 0 Å². The summed E-state index contributed by atoms with van der Waals surface area (Å²) in [4.78, 5) is 23.3. The van der Waals surface area contributed by atoms with Gasteiger partial charge in [0.1, 0.15) is 0 Å². The fourth-order valence-corrected chi connectivity index (χ4v) is 2.57. The van der Waals surface area contributed by atoms with Crippen molar-refractivity contribution in [3.63, 3.8) is 0 Å². The fraction of sp³-hybridized carbons (Fsp3) is 0.176. The highest BCUT2D eigenvalue weighted by Crippen LogP contribution is 2.17. The van der Waals surface area contributed by atoms with Gasteiger partial charge in [0.2, 0.25) is 5.91 Å². The predicted molar refractivity (Wildman–Crippen MR) is 92.1 cm³/mol. The van der Waals surface area contributed by atoms with Gasteiger partial charge in [-0.05, 0) is 48.7 Å². The standard InChI is InChI=1S/C17H16Cl2N2O2/c18-13-5-1-3-11(9-13)4-2-8-21-17(23)12-6-7-15(19)14(10-12)16(20)22/h1,3,5-7,9-10H,2,4,8H2,(H2,20,22)(H,21,23). The van der Waals surface area contributed by atoms with E-state index in [2.05, 4.69) is 5.32 Å². The molecule has 0 fully saturated rings. The van der Waals surface area contributed by atoms with Gasteiger partial charge in [-0.25, -0.2) is 0 Å². The maximum atomic E-state index is 12.1. The quantitative estimate of drug-likeness (QED) is 0.783. The summed E-state index contributed by atoms with van der Waals surface area (Å²) in [5.41, 5.74) is 6.83. The van der Waals surface area contributed by atoms with Crippen LogP contribution in [0.5, 0.6) is 0 Å². The van der Waals surface area contributed by atoms with Crippen molar-refractivity contribution < 1.29 is 9.59 Å². The number of aryl methyl sites for hydroxylation is 1. The van der Waals surface area contributed by atoms with Gasteiger partial charge in [-0.3, -0.25) is 9.59 Å². The Morgan fingerprint density at radius 1 is 1.09 bits per heavy atom. The van der Waals surface area contributed by atoms with Crippen LogP contribution in [0, 0.1) is 0 Å². The molecular formula is C17H16Cl2N2O2. The molecule has 0 spiro atoms. The van der Waals surface area contributed by atoms with Crippen LogP contribution in [-0.2, 0) is 6.42 Å². The van der Waals surface area contributed by atoms with Crippen LogP contribution in [0.25, 0.3) is 0 Å². The number of nitrogens with one attached hydrogen (secondary N) is 1. The molecule has 120 valence electrons. The Labute approximate surface area is 144 Å². The molecule has 2 aromatic rings. The molecule has 2 aromatic carbocycles. The molecule has 0 bridgehead atoms. The van der Waals surface area contributed by atoms with Gasteiger partial charge in [0.05, 0.1) is 10.6 Å². The fourth-order valence-electron chi connectivity index (χ4n) is 2.14. The monoisotopic (exact) mass is 350 g/mol. The third-order valence-corrected chi connectivity index (χ3v) is 3.88. The third kappa shape index (κ3) is 4.98. The van der Waals surface area contributed by atoms with E-state index in [9.17, 15) is 9.59 Å². The number of rotatable bonds is 6. The number of hydrogen-bond acceptors (Lipinski definition) is 2. The van der Waals surface area contributed by atoms with Crippen LogP contribution in [0.2, 0.25) is 10.0 Å². The van der Waals surface area contributed by atoms with E-state index in [0.29, 0.717) is 17.1 Å². The highest BCUT2D eigenvalue weighted by Gasteiger charge is 2.11. The van der Waals surface area contributed by atoms with Crippen molar-refractivity contribution in [2.75, 3.05) is 6.54 Å². The van der Waals surface area contributed by atoms with Gasteiger partial charge in [-0.15, -0.1) is 0 Å². The summed E-state index contributed by atoms with van der Waals surface area (Å²) in [5.74, 6) is -0.930. The number of benzene rings is 2. The van der Waals surface area contributed by atoms with Crippen LogP contribution in [-0.4, -0.2) is 18.4 Å². The summed E-state index contributed by atoms with van der Waals surface area (Å²) < 4.78 is 0. The second-order valence-electron chi connectivity index (χ2n) is 5.05. The minimum atomic E-state index is -0.661. The summed E-state index contributed by atoms with van der Waals surface area (Å²) in [6, 6.07) is 12.1. The predicted octanol–water partition coefficient (Wildman–Crippen LogP) is 3.45. The van der Waals surface area contributed by atoms with Crippen molar-refractivity contribution in [1.82, 2.24) is 5.32 Å². The van der Waals surface area contributed by atoms with Crippen LogP contribution >= 0.6 is 23.2 Å². The molecule has 23 heavy (non-hydrogen) atoms. The van der Waals surface area contributed by atoms with E-state index in [1.807, 2.05) is 24.3 Å². The van der Waals surface area contributed by atoms with Gasteiger partial charge in [-0.1, -0.05) is 35.3 Å². The van der Waals surface area contributed by atoms with Crippen LogP contribution < -0.4 is 11.1 Å². The smallest absolute Gasteiger partial charge is 0.251 e. The molecule has 2 amide bonds. The first-order chi connectivity index (χ1) is 11.0. The third-order valence-electron chi connectivity index (χ3n) is 3.31. The van der Waals surface area contributed by atoms with E-state index in [0.717, 1.165) is 18.4 Å². The van der Waals surface area contributed by atoms with Crippen molar-refractivity contribution in [1.29, 1.82) is 0 Å². The second kappa shape index (κ2) is 7.99. The molecule has 0 heterocycles. The van der Waals surface area contributed by atoms with E-state index < -0.39 is 5.91 Å². The number of nitrogens with two attached hydrogens (primary N) is 1. The molecule has 4 nitrogen and oxygen atoms in total. The molecule has 0 aromatic heterocycles. The molecule has 0 atom stereocenters. The normalized spacial score (nSPS) is 10.3. The molecule has 0 saturated heterocycles. The molecule has 0 radical (unpaired) electrons. The Kier molecular flexibility index (Phi) is 6.02. The minimum Gasteiger partial charge on any atom is -0.366 e. The largest absolute Gasteiger partial charge is 0.366 e. The first-order valence-electron chi connectivity index (χ1n) is 7.09. The molecule has 0 unspecified atom stereocenters.